The van der Waals surface area contributed by atoms with Crippen LogP contribution >= 0.6 is 15.9 Å². The van der Waals surface area contributed by atoms with Gasteiger partial charge in [-0.25, -0.2) is 13.3 Å². The summed E-state index contributed by atoms with van der Waals surface area (Å²) in [5.74, 6) is -1.60. The maximum Gasteiger partial charge on any atom is 0.270 e. The molecule has 0 atom stereocenters. The van der Waals surface area contributed by atoms with E-state index in [4.69, 9.17) is 14.2 Å². The molecule has 44 heavy (non-hydrogen) atoms. The number of ether oxygens (including phenoxy) is 3. The van der Waals surface area contributed by atoms with Crippen molar-refractivity contribution in [2.24, 2.45) is 0 Å². The Morgan fingerprint density at radius 2 is 1.64 bits per heavy atom. The molecule has 0 fully saturated rings. The number of nitrogens with zero attached hydrogens (tertiary/aromatic N) is 2. The van der Waals surface area contributed by atoms with Gasteiger partial charge in [-0.1, -0.05) is 24.3 Å². The van der Waals surface area contributed by atoms with Crippen LogP contribution in [0, 0.1) is 0 Å². The predicted octanol–water partition coefficient (Wildman–Crippen LogP) is 4.79. The fourth-order valence-electron chi connectivity index (χ4n) is 5.08. The normalized spacial score (nSPS) is 12.8. The van der Waals surface area contributed by atoms with Crippen molar-refractivity contribution in [1.82, 2.24) is 9.71 Å². The van der Waals surface area contributed by atoms with Crippen LogP contribution in [0.3, 0.4) is 0 Å². The number of carbonyl (C=O) groups excluding carboxylic acids is 3. The smallest absolute Gasteiger partial charge is 0.270 e. The summed E-state index contributed by atoms with van der Waals surface area (Å²) in [4.78, 5) is 45.6. The van der Waals surface area contributed by atoms with Gasteiger partial charge in [0, 0.05) is 21.6 Å². The molecule has 0 spiro atoms. The van der Waals surface area contributed by atoms with Gasteiger partial charge in [0.2, 0.25) is 15.9 Å². The largest absolute Gasteiger partial charge is 0.496 e. The molecule has 3 aromatic carbocycles. The Labute approximate surface area is 262 Å². The van der Waals surface area contributed by atoms with E-state index in [2.05, 4.69) is 25.6 Å². The molecular weight excluding hydrogens is 654 g/mol. The van der Waals surface area contributed by atoms with Gasteiger partial charge in [-0.05, 0) is 65.7 Å². The van der Waals surface area contributed by atoms with Gasteiger partial charge in [0.15, 0.2) is 5.75 Å². The highest BCUT2D eigenvalue weighted by molar-refractivity contribution is 9.10. The molecule has 4 aromatic rings. The highest BCUT2D eigenvalue weighted by atomic mass is 79.9. The standard InChI is InChI=1S/C31H28BrN3O8S/c1-4-42-28-20-10-8-14-33-27(20)29(43-5-2)26-25(28)30(37)35(31(26)38)22-13-12-18(15-21(22)32)17-44(39,40)34-24(36)16-19-9-6-7-11-23(19)41-3/h6-15H,4-5,16-17H2,1-3H3,(H,34,36). The molecule has 0 bridgehead atoms. The summed E-state index contributed by atoms with van der Waals surface area (Å²) in [6.45, 7) is 4.01. The number of pyridine rings is 1. The lowest BCUT2D eigenvalue weighted by molar-refractivity contribution is -0.118. The van der Waals surface area contributed by atoms with Crippen molar-refractivity contribution in [3.8, 4) is 17.2 Å². The van der Waals surface area contributed by atoms with Crippen LogP contribution < -0.4 is 23.8 Å². The van der Waals surface area contributed by atoms with Crippen molar-refractivity contribution in [3.05, 3.63) is 87.5 Å². The summed E-state index contributed by atoms with van der Waals surface area (Å²) in [5, 5.41) is 0.534. The summed E-state index contributed by atoms with van der Waals surface area (Å²) >= 11 is 3.40. The van der Waals surface area contributed by atoms with E-state index in [1.165, 1.54) is 25.3 Å². The van der Waals surface area contributed by atoms with Gasteiger partial charge in [0.1, 0.15) is 22.6 Å². The predicted molar refractivity (Wildman–Crippen MR) is 167 cm³/mol. The fraction of sp³-hybridized carbons (Fsp3) is 0.226. The third-order valence-corrected chi connectivity index (χ3v) is 8.69. The number of aromatic nitrogens is 1. The quantitative estimate of drug-likeness (QED) is 0.221. The minimum absolute atomic E-state index is 0.0443. The zero-order valence-electron chi connectivity index (χ0n) is 24.0. The fourth-order valence-corrected chi connectivity index (χ4v) is 6.79. The Bertz CT molecular complexity index is 1850. The summed E-state index contributed by atoms with van der Waals surface area (Å²) in [5.41, 5.74) is 1.56. The van der Waals surface area contributed by atoms with E-state index < -0.39 is 33.5 Å². The number of fused-ring (bicyclic) bond motifs is 2. The van der Waals surface area contributed by atoms with Gasteiger partial charge in [0.25, 0.3) is 11.8 Å². The van der Waals surface area contributed by atoms with Crippen LogP contribution in [-0.2, 0) is 27.0 Å². The molecule has 3 amide bonds. The van der Waals surface area contributed by atoms with Crippen LogP contribution in [0.4, 0.5) is 5.69 Å². The first-order chi connectivity index (χ1) is 21.1. The zero-order chi connectivity index (χ0) is 31.6. The van der Waals surface area contributed by atoms with Gasteiger partial charge in [0.05, 0.1) is 43.7 Å². The van der Waals surface area contributed by atoms with E-state index in [-0.39, 0.29) is 47.9 Å². The highest BCUT2D eigenvalue weighted by Gasteiger charge is 2.44. The number of methoxy groups -OCH3 is 1. The van der Waals surface area contributed by atoms with E-state index in [1.54, 1.807) is 56.4 Å². The first-order valence-corrected chi connectivity index (χ1v) is 16.1. The second-order valence-corrected chi connectivity index (χ2v) is 12.3. The average molecular weight is 683 g/mol. The van der Waals surface area contributed by atoms with E-state index in [0.29, 0.717) is 32.3 Å². The topological polar surface area (TPSA) is 141 Å². The number of sulfonamides is 1. The molecule has 0 aliphatic carbocycles. The molecule has 11 nitrogen and oxygen atoms in total. The number of nitrogens with one attached hydrogen (secondary N) is 1. The van der Waals surface area contributed by atoms with Gasteiger partial charge < -0.3 is 14.2 Å². The number of anilines is 1. The number of amides is 3. The second kappa shape index (κ2) is 12.6. The van der Waals surface area contributed by atoms with Gasteiger partial charge in [-0.15, -0.1) is 0 Å². The lowest BCUT2D eigenvalue weighted by atomic mass is 10.0. The number of carbonyl (C=O) groups is 3. The number of benzene rings is 3. The Kier molecular flexibility index (Phi) is 8.88. The van der Waals surface area contributed by atoms with E-state index in [9.17, 15) is 22.8 Å². The minimum atomic E-state index is -4.08. The number of imide groups is 1. The van der Waals surface area contributed by atoms with Crippen molar-refractivity contribution >= 4 is 60.3 Å². The molecule has 1 aromatic heterocycles. The first kappa shape index (κ1) is 31.0. The number of hydrogen-bond donors (Lipinski definition) is 1. The minimum Gasteiger partial charge on any atom is -0.496 e. The summed E-state index contributed by atoms with van der Waals surface area (Å²) in [6, 6.07) is 14.7. The van der Waals surface area contributed by atoms with E-state index >= 15 is 0 Å². The summed E-state index contributed by atoms with van der Waals surface area (Å²) < 4.78 is 45.0. The van der Waals surface area contributed by atoms with Gasteiger partial charge in [-0.3, -0.25) is 24.1 Å². The molecule has 5 rings (SSSR count). The molecular formula is C31H28BrN3O8S. The Hall–Kier alpha value is -4.49. The maximum absolute atomic E-state index is 13.9. The Morgan fingerprint density at radius 1 is 0.955 bits per heavy atom. The number of para-hydroxylation sites is 1. The van der Waals surface area contributed by atoms with Crippen LogP contribution in [0.5, 0.6) is 17.2 Å². The maximum atomic E-state index is 13.9. The van der Waals surface area contributed by atoms with Crippen LogP contribution in [0.25, 0.3) is 10.9 Å². The lowest BCUT2D eigenvalue weighted by Crippen LogP contribution is -2.33. The van der Waals surface area contributed by atoms with Crippen molar-refractivity contribution in [2.45, 2.75) is 26.0 Å². The number of halogens is 1. The molecule has 0 radical (unpaired) electrons. The van der Waals surface area contributed by atoms with Crippen LogP contribution in [0.15, 0.2) is 65.3 Å². The van der Waals surface area contributed by atoms with E-state index in [1.807, 2.05) is 0 Å². The van der Waals surface area contributed by atoms with Crippen LogP contribution in [0.2, 0.25) is 0 Å². The Balaban J connectivity index is 1.43. The average Bonchev–Trinajstić information content (AvgIpc) is 3.24. The molecule has 228 valence electrons. The first-order valence-electron chi connectivity index (χ1n) is 13.6. The molecule has 1 N–H and O–H groups in total. The van der Waals surface area contributed by atoms with Crippen LogP contribution in [-0.4, -0.2) is 51.4 Å². The van der Waals surface area contributed by atoms with Gasteiger partial charge in [-0.2, -0.15) is 0 Å². The third kappa shape index (κ3) is 5.84. The Morgan fingerprint density at radius 3 is 2.32 bits per heavy atom. The second-order valence-electron chi connectivity index (χ2n) is 9.68. The SMILES string of the molecule is CCOc1c2c(c(OCC)c3ncccc13)C(=O)N(c1ccc(CS(=O)(=O)NC(=O)Cc3ccccc3OC)cc1Br)C2=O. The number of hydrogen-bond acceptors (Lipinski definition) is 9. The molecule has 13 heteroatoms. The van der Waals surface area contributed by atoms with Crippen molar-refractivity contribution in [2.75, 3.05) is 25.2 Å². The van der Waals surface area contributed by atoms with Gasteiger partial charge >= 0.3 is 0 Å². The summed E-state index contributed by atoms with van der Waals surface area (Å²) in [7, 11) is -2.62. The highest BCUT2D eigenvalue weighted by Crippen LogP contribution is 2.46. The molecule has 1 aliphatic heterocycles. The molecule has 0 saturated carbocycles. The number of rotatable bonds is 11. The lowest BCUT2D eigenvalue weighted by Gasteiger charge is -2.17. The summed E-state index contributed by atoms with van der Waals surface area (Å²) in [6.07, 6.45) is 1.37. The monoisotopic (exact) mass is 681 g/mol. The van der Waals surface area contributed by atoms with Crippen molar-refractivity contribution in [3.63, 3.8) is 0 Å². The third-order valence-electron chi connectivity index (χ3n) is 6.81. The van der Waals surface area contributed by atoms with Crippen LogP contribution in [0.1, 0.15) is 45.7 Å². The van der Waals surface area contributed by atoms with Crippen molar-refractivity contribution in [1.29, 1.82) is 0 Å². The molecule has 0 saturated heterocycles. The van der Waals surface area contributed by atoms with E-state index in [0.717, 1.165) is 4.90 Å². The van der Waals surface area contributed by atoms with Crippen molar-refractivity contribution < 1.29 is 37.0 Å². The zero-order valence-corrected chi connectivity index (χ0v) is 26.5. The molecule has 1 aliphatic rings. The molecule has 0 unspecified atom stereocenters. The molecule has 2 heterocycles.